The Morgan fingerprint density at radius 1 is 1.12 bits per heavy atom. The minimum Gasteiger partial charge on any atom is -0.368 e. The maximum atomic E-state index is 11.6. The van der Waals surface area contributed by atoms with Crippen molar-refractivity contribution in [1.82, 2.24) is 4.90 Å². The SMILES string of the molecule is NC(=O)C(N)(CN1CCCCCCC1)C1CC1. The molecule has 1 amide bonds. The van der Waals surface area contributed by atoms with Crippen LogP contribution >= 0.6 is 0 Å². The van der Waals surface area contributed by atoms with Gasteiger partial charge in [0.15, 0.2) is 0 Å². The van der Waals surface area contributed by atoms with Gasteiger partial charge in [-0.15, -0.1) is 0 Å². The van der Waals surface area contributed by atoms with E-state index < -0.39 is 5.54 Å². The zero-order chi connectivity index (χ0) is 12.3. The highest BCUT2D eigenvalue weighted by Gasteiger charge is 2.47. The van der Waals surface area contributed by atoms with E-state index in [-0.39, 0.29) is 5.91 Å². The third kappa shape index (κ3) is 3.19. The lowest BCUT2D eigenvalue weighted by molar-refractivity contribution is -0.124. The van der Waals surface area contributed by atoms with Gasteiger partial charge in [-0.05, 0) is 44.7 Å². The van der Waals surface area contributed by atoms with E-state index in [0.29, 0.717) is 12.5 Å². The van der Waals surface area contributed by atoms with Crippen molar-refractivity contribution in [3.8, 4) is 0 Å². The molecular formula is C13H25N3O. The monoisotopic (exact) mass is 239 g/mol. The molecule has 4 nitrogen and oxygen atoms in total. The first-order chi connectivity index (χ1) is 8.13. The van der Waals surface area contributed by atoms with E-state index in [2.05, 4.69) is 4.90 Å². The largest absolute Gasteiger partial charge is 0.368 e. The molecule has 4 heteroatoms. The van der Waals surface area contributed by atoms with Crippen molar-refractivity contribution in [3.63, 3.8) is 0 Å². The van der Waals surface area contributed by atoms with Crippen LogP contribution in [0.15, 0.2) is 0 Å². The fourth-order valence-corrected chi connectivity index (χ4v) is 2.85. The summed E-state index contributed by atoms with van der Waals surface area (Å²) < 4.78 is 0. The van der Waals surface area contributed by atoms with E-state index in [1.807, 2.05) is 0 Å². The molecule has 0 radical (unpaired) electrons. The lowest BCUT2D eigenvalue weighted by Gasteiger charge is -2.34. The quantitative estimate of drug-likeness (QED) is 0.764. The molecule has 1 aliphatic heterocycles. The Kier molecular flexibility index (Phi) is 4.05. The van der Waals surface area contributed by atoms with Crippen LogP contribution < -0.4 is 11.5 Å². The van der Waals surface area contributed by atoms with Crippen LogP contribution in [0.2, 0.25) is 0 Å². The number of rotatable bonds is 4. The zero-order valence-electron chi connectivity index (χ0n) is 10.7. The van der Waals surface area contributed by atoms with E-state index >= 15 is 0 Å². The van der Waals surface area contributed by atoms with Gasteiger partial charge < -0.3 is 16.4 Å². The first kappa shape index (κ1) is 12.8. The highest BCUT2D eigenvalue weighted by Crippen LogP contribution is 2.38. The molecule has 0 aromatic rings. The molecule has 98 valence electrons. The second-order valence-electron chi connectivity index (χ2n) is 5.72. The molecular weight excluding hydrogens is 214 g/mol. The summed E-state index contributed by atoms with van der Waals surface area (Å²) in [5.74, 6) is 0.00694. The Morgan fingerprint density at radius 2 is 1.65 bits per heavy atom. The molecule has 0 aromatic heterocycles. The van der Waals surface area contributed by atoms with Gasteiger partial charge in [0, 0.05) is 6.54 Å². The Bertz CT molecular complexity index is 270. The summed E-state index contributed by atoms with van der Waals surface area (Å²) in [5, 5.41) is 0. The molecule has 17 heavy (non-hydrogen) atoms. The van der Waals surface area contributed by atoms with Gasteiger partial charge in [0.25, 0.3) is 0 Å². The van der Waals surface area contributed by atoms with Crippen molar-refractivity contribution in [2.24, 2.45) is 17.4 Å². The highest BCUT2D eigenvalue weighted by molar-refractivity contribution is 5.85. The van der Waals surface area contributed by atoms with Gasteiger partial charge in [0.1, 0.15) is 5.54 Å². The number of amides is 1. The summed E-state index contributed by atoms with van der Waals surface area (Å²) in [5.41, 5.74) is 11.0. The first-order valence-corrected chi connectivity index (χ1v) is 6.94. The fourth-order valence-electron chi connectivity index (χ4n) is 2.85. The highest BCUT2D eigenvalue weighted by atomic mass is 16.1. The van der Waals surface area contributed by atoms with Crippen molar-refractivity contribution in [1.29, 1.82) is 0 Å². The minimum atomic E-state index is -0.779. The van der Waals surface area contributed by atoms with Crippen LogP contribution in [-0.2, 0) is 4.79 Å². The predicted octanol–water partition coefficient (Wildman–Crippen LogP) is 0.845. The summed E-state index contributed by atoms with van der Waals surface area (Å²) in [4.78, 5) is 14.0. The molecule has 2 rings (SSSR count). The summed E-state index contributed by atoms with van der Waals surface area (Å²) >= 11 is 0. The number of hydrogen-bond acceptors (Lipinski definition) is 3. The lowest BCUT2D eigenvalue weighted by Crippen LogP contribution is -2.61. The predicted molar refractivity (Wildman–Crippen MR) is 68.4 cm³/mol. The molecule has 0 bridgehead atoms. The number of carbonyl (C=O) groups excluding carboxylic acids is 1. The maximum absolute atomic E-state index is 11.6. The third-order valence-corrected chi connectivity index (χ3v) is 4.20. The van der Waals surface area contributed by atoms with Gasteiger partial charge in [-0.3, -0.25) is 4.79 Å². The Hall–Kier alpha value is -0.610. The van der Waals surface area contributed by atoms with Crippen molar-refractivity contribution < 1.29 is 4.79 Å². The molecule has 1 saturated heterocycles. The number of nitrogens with zero attached hydrogens (tertiary/aromatic N) is 1. The second kappa shape index (κ2) is 5.36. The molecule has 1 unspecified atom stereocenters. The molecule has 2 fully saturated rings. The minimum absolute atomic E-state index is 0.318. The number of nitrogens with two attached hydrogens (primary N) is 2. The molecule has 2 aliphatic rings. The van der Waals surface area contributed by atoms with E-state index in [4.69, 9.17) is 11.5 Å². The number of hydrogen-bond donors (Lipinski definition) is 2. The van der Waals surface area contributed by atoms with Crippen LogP contribution in [0.1, 0.15) is 44.9 Å². The second-order valence-corrected chi connectivity index (χ2v) is 5.72. The van der Waals surface area contributed by atoms with Crippen molar-refractivity contribution in [2.75, 3.05) is 19.6 Å². The van der Waals surface area contributed by atoms with Crippen LogP contribution in [0.4, 0.5) is 0 Å². The number of primary amides is 1. The van der Waals surface area contributed by atoms with Gasteiger partial charge in [-0.1, -0.05) is 19.3 Å². The number of carbonyl (C=O) groups is 1. The summed E-state index contributed by atoms with van der Waals surface area (Å²) in [6.45, 7) is 2.80. The Balaban J connectivity index is 1.93. The average molecular weight is 239 g/mol. The van der Waals surface area contributed by atoms with Crippen LogP contribution in [-0.4, -0.2) is 36.0 Å². The average Bonchev–Trinajstić information content (AvgIpc) is 3.05. The van der Waals surface area contributed by atoms with E-state index in [1.54, 1.807) is 0 Å². The molecule has 0 aromatic carbocycles. The molecule has 1 saturated carbocycles. The van der Waals surface area contributed by atoms with Crippen molar-refractivity contribution >= 4 is 5.91 Å². The Labute approximate surface area is 104 Å². The standard InChI is InChI=1S/C13H25N3O/c14-12(17)13(15,11-6-7-11)10-16-8-4-2-1-3-5-9-16/h11H,1-10,15H2,(H2,14,17). The molecule has 1 heterocycles. The van der Waals surface area contributed by atoms with Crippen LogP contribution in [0.5, 0.6) is 0 Å². The molecule has 4 N–H and O–H groups in total. The summed E-state index contributed by atoms with van der Waals surface area (Å²) in [6, 6.07) is 0. The van der Waals surface area contributed by atoms with Crippen molar-refractivity contribution in [2.45, 2.75) is 50.5 Å². The fraction of sp³-hybridized carbons (Fsp3) is 0.923. The van der Waals surface area contributed by atoms with Gasteiger partial charge in [0.2, 0.25) is 5.91 Å². The normalized spacial score (nSPS) is 26.9. The molecule has 1 aliphatic carbocycles. The van der Waals surface area contributed by atoms with Gasteiger partial charge in [-0.2, -0.15) is 0 Å². The lowest BCUT2D eigenvalue weighted by atomic mass is 9.92. The molecule has 0 spiro atoms. The van der Waals surface area contributed by atoms with Gasteiger partial charge in [-0.25, -0.2) is 0 Å². The number of likely N-dealkylation sites (tertiary alicyclic amines) is 1. The van der Waals surface area contributed by atoms with Crippen LogP contribution in [0, 0.1) is 5.92 Å². The Morgan fingerprint density at radius 3 is 2.12 bits per heavy atom. The van der Waals surface area contributed by atoms with Crippen molar-refractivity contribution in [3.05, 3.63) is 0 Å². The zero-order valence-corrected chi connectivity index (χ0v) is 10.7. The van der Waals surface area contributed by atoms with E-state index in [0.717, 1.165) is 25.9 Å². The maximum Gasteiger partial charge on any atom is 0.239 e. The molecule has 1 atom stereocenters. The van der Waals surface area contributed by atoms with E-state index in [9.17, 15) is 4.79 Å². The van der Waals surface area contributed by atoms with E-state index in [1.165, 1.54) is 32.1 Å². The summed E-state index contributed by atoms with van der Waals surface area (Å²) in [6.07, 6.45) is 8.52. The topological polar surface area (TPSA) is 72.3 Å². The van der Waals surface area contributed by atoms with Crippen LogP contribution in [0.3, 0.4) is 0 Å². The third-order valence-electron chi connectivity index (χ3n) is 4.20. The van der Waals surface area contributed by atoms with Gasteiger partial charge >= 0.3 is 0 Å². The van der Waals surface area contributed by atoms with Crippen LogP contribution in [0.25, 0.3) is 0 Å². The summed E-state index contributed by atoms with van der Waals surface area (Å²) in [7, 11) is 0. The van der Waals surface area contributed by atoms with Gasteiger partial charge in [0.05, 0.1) is 0 Å². The smallest absolute Gasteiger partial charge is 0.239 e. The first-order valence-electron chi connectivity index (χ1n) is 6.94.